The van der Waals surface area contributed by atoms with Crippen molar-refractivity contribution in [2.24, 2.45) is 0 Å². The van der Waals surface area contributed by atoms with Crippen molar-refractivity contribution in [3.8, 4) is 0 Å². The summed E-state index contributed by atoms with van der Waals surface area (Å²) in [5.74, 6) is -0.239. The highest BCUT2D eigenvalue weighted by Crippen LogP contribution is 2.37. The van der Waals surface area contributed by atoms with Gasteiger partial charge in [0.1, 0.15) is 6.10 Å². The number of fused-ring (bicyclic) bond motifs is 1. The van der Waals surface area contributed by atoms with E-state index in [0.717, 1.165) is 12.8 Å². The Morgan fingerprint density at radius 3 is 3.36 bits per heavy atom. The number of hydrogen-bond acceptors (Lipinski definition) is 3. The number of carbonyl (C=O) groups is 1. The highest BCUT2D eigenvalue weighted by Gasteiger charge is 2.46. The maximum absolute atomic E-state index is 11.0. The van der Waals surface area contributed by atoms with Crippen molar-refractivity contribution in [3.05, 3.63) is 11.6 Å². The van der Waals surface area contributed by atoms with Crippen molar-refractivity contribution < 1.29 is 14.3 Å². The molecule has 11 heavy (non-hydrogen) atoms. The molecule has 0 N–H and O–H groups in total. The van der Waals surface area contributed by atoms with Gasteiger partial charge in [0.2, 0.25) is 0 Å². The predicted molar refractivity (Wildman–Crippen MR) is 38.0 cm³/mol. The Kier molecular flexibility index (Phi) is 1.46. The number of carbonyl (C=O) groups excluding carboxylic acids is 1. The molecule has 2 rings (SSSR count). The standard InChI is InChI=1S/C8H10O3/c1-10-8(9)5-3-2-4-6-7(5)11-6/h3,6-7H,2,4H2,1H3/t6-,7+/m0/s1. The third-order valence-electron chi connectivity index (χ3n) is 2.13. The quantitative estimate of drug-likeness (QED) is 0.411. The van der Waals surface area contributed by atoms with E-state index in [0.29, 0.717) is 11.7 Å². The average Bonchev–Trinajstić information content (AvgIpc) is 2.80. The Labute approximate surface area is 65.0 Å². The van der Waals surface area contributed by atoms with Crippen LogP contribution in [0.3, 0.4) is 0 Å². The van der Waals surface area contributed by atoms with Crippen molar-refractivity contribution in [1.82, 2.24) is 0 Å². The summed E-state index contributed by atoms with van der Waals surface area (Å²) in [7, 11) is 1.40. The van der Waals surface area contributed by atoms with Crippen LogP contribution in [0.1, 0.15) is 12.8 Å². The molecule has 0 saturated carbocycles. The minimum Gasteiger partial charge on any atom is -0.466 e. The van der Waals surface area contributed by atoms with Crippen LogP contribution in [0.15, 0.2) is 11.6 Å². The summed E-state index contributed by atoms with van der Waals surface area (Å²) in [5, 5.41) is 0. The molecule has 0 unspecified atom stereocenters. The Bertz CT molecular complexity index is 219. The van der Waals surface area contributed by atoms with E-state index in [-0.39, 0.29) is 12.1 Å². The summed E-state index contributed by atoms with van der Waals surface area (Å²) < 4.78 is 9.84. The molecular formula is C8H10O3. The van der Waals surface area contributed by atoms with Crippen LogP contribution in [0.4, 0.5) is 0 Å². The topological polar surface area (TPSA) is 38.8 Å². The molecule has 3 heteroatoms. The Balaban J connectivity index is 2.12. The SMILES string of the molecule is COC(=O)C1=CCC[C@@H]2O[C@H]12. The number of methoxy groups -OCH3 is 1. The molecule has 1 aliphatic carbocycles. The lowest BCUT2D eigenvalue weighted by atomic mass is 10.00. The van der Waals surface area contributed by atoms with Crippen LogP contribution in [0, 0.1) is 0 Å². The Morgan fingerprint density at radius 1 is 1.82 bits per heavy atom. The number of allylic oxidation sites excluding steroid dienone is 1. The van der Waals surface area contributed by atoms with Crippen LogP contribution < -0.4 is 0 Å². The van der Waals surface area contributed by atoms with Gasteiger partial charge in [0.25, 0.3) is 0 Å². The maximum atomic E-state index is 11.0. The van der Waals surface area contributed by atoms with E-state index in [1.165, 1.54) is 7.11 Å². The molecule has 1 aliphatic heterocycles. The molecule has 0 aromatic rings. The van der Waals surface area contributed by atoms with E-state index < -0.39 is 0 Å². The van der Waals surface area contributed by atoms with Crippen LogP contribution in [0.2, 0.25) is 0 Å². The second-order valence-corrected chi connectivity index (χ2v) is 2.82. The molecule has 0 amide bonds. The van der Waals surface area contributed by atoms with Gasteiger partial charge >= 0.3 is 5.97 Å². The van der Waals surface area contributed by atoms with Crippen LogP contribution in [0.5, 0.6) is 0 Å². The van der Waals surface area contributed by atoms with Crippen LogP contribution in [-0.2, 0) is 14.3 Å². The molecule has 0 spiro atoms. The molecule has 1 heterocycles. The molecule has 0 radical (unpaired) electrons. The second kappa shape index (κ2) is 2.34. The van der Waals surface area contributed by atoms with Gasteiger partial charge in [-0.1, -0.05) is 6.08 Å². The minimum absolute atomic E-state index is 0.0520. The minimum atomic E-state index is -0.239. The van der Waals surface area contributed by atoms with Crippen LogP contribution in [0.25, 0.3) is 0 Å². The molecule has 0 aromatic heterocycles. The highest BCUT2D eigenvalue weighted by atomic mass is 16.6. The zero-order valence-electron chi connectivity index (χ0n) is 6.37. The first kappa shape index (κ1) is 6.85. The van der Waals surface area contributed by atoms with Gasteiger partial charge in [0, 0.05) is 0 Å². The van der Waals surface area contributed by atoms with Crippen molar-refractivity contribution in [3.63, 3.8) is 0 Å². The fourth-order valence-electron chi connectivity index (χ4n) is 1.47. The van der Waals surface area contributed by atoms with E-state index in [1.807, 2.05) is 6.08 Å². The van der Waals surface area contributed by atoms with Crippen molar-refractivity contribution in [2.45, 2.75) is 25.0 Å². The van der Waals surface area contributed by atoms with E-state index in [1.54, 1.807) is 0 Å². The lowest BCUT2D eigenvalue weighted by Crippen LogP contribution is -2.14. The third kappa shape index (κ3) is 1.05. The van der Waals surface area contributed by atoms with Gasteiger partial charge in [0.05, 0.1) is 18.8 Å². The smallest absolute Gasteiger partial charge is 0.336 e. The Morgan fingerprint density at radius 2 is 2.64 bits per heavy atom. The largest absolute Gasteiger partial charge is 0.466 e. The zero-order valence-corrected chi connectivity index (χ0v) is 6.37. The zero-order chi connectivity index (χ0) is 7.84. The van der Waals surface area contributed by atoms with E-state index >= 15 is 0 Å². The summed E-state index contributed by atoms with van der Waals surface area (Å²) >= 11 is 0. The van der Waals surface area contributed by atoms with Crippen LogP contribution >= 0.6 is 0 Å². The lowest BCUT2D eigenvalue weighted by Gasteiger charge is -2.05. The summed E-state index contributed by atoms with van der Waals surface area (Å²) in [6.45, 7) is 0. The molecule has 3 nitrogen and oxygen atoms in total. The van der Waals surface area contributed by atoms with Gasteiger partial charge in [-0.3, -0.25) is 0 Å². The first-order chi connectivity index (χ1) is 5.33. The number of hydrogen-bond donors (Lipinski definition) is 0. The van der Waals surface area contributed by atoms with E-state index in [9.17, 15) is 4.79 Å². The summed E-state index contributed by atoms with van der Waals surface area (Å²) in [5.41, 5.74) is 0.712. The molecule has 0 bridgehead atoms. The predicted octanol–water partition coefficient (Wildman–Crippen LogP) is 0.647. The average molecular weight is 154 g/mol. The van der Waals surface area contributed by atoms with E-state index in [4.69, 9.17) is 4.74 Å². The number of esters is 1. The summed E-state index contributed by atoms with van der Waals surface area (Å²) in [6.07, 6.45) is 4.25. The molecular weight excluding hydrogens is 144 g/mol. The van der Waals surface area contributed by atoms with Gasteiger partial charge in [-0.05, 0) is 12.8 Å². The number of epoxide rings is 1. The fraction of sp³-hybridized carbons (Fsp3) is 0.625. The van der Waals surface area contributed by atoms with Crippen LogP contribution in [-0.4, -0.2) is 25.3 Å². The monoisotopic (exact) mass is 154 g/mol. The first-order valence-electron chi connectivity index (χ1n) is 3.77. The second-order valence-electron chi connectivity index (χ2n) is 2.82. The molecule has 60 valence electrons. The van der Waals surface area contributed by atoms with Crippen molar-refractivity contribution >= 4 is 5.97 Å². The first-order valence-corrected chi connectivity index (χ1v) is 3.77. The third-order valence-corrected chi connectivity index (χ3v) is 2.13. The van der Waals surface area contributed by atoms with Crippen molar-refractivity contribution in [2.75, 3.05) is 7.11 Å². The number of ether oxygens (including phenoxy) is 2. The maximum Gasteiger partial charge on any atom is 0.336 e. The summed E-state index contributed by atoms with van der Waals surface area (Å²) in [4.78, 5) is 11.0. The molecule has 2 atom stereocenters. The van der Waals surface area contributed by atoms with Gasteiger partial charge in [-0.15, -0.1) is 0 Å². The normalized spacial score (nSPS) is 33.7. The molecule has 0 aromatic carbocycles. The number of rotatable bonds is 1. The lowest BCUT2D eigenvalue weighted by molar-refractivity contribution is -0.136. The molecule has 2 aliphatic rings. The van der Waals surface area contributed by atoms with Gasteiger partial charge < -0.3 is 9.47 Å². The molecule has 1 fully saturated rings. The summed E-state index contributed by atoms with van der Waals surface area (Å²) in [6, 6.07) is 0. The van der Waals surface area contributed by atoms with Gasteiger partial charge in [-0.2, -0.15) is 0 Å². The molecule has 1 saturated heterocycles. The van der Waals surface area contributed by atoms with E-state index in [2.05, 4.69) is 4.74 Å². The van der Waals surface area contributed by atoms with Gasteiger partial charge in [0.15, 0.2) is 0 Å². The van der Waals surface area contributed by atoms with Crippen molar-refractivity contribution in [1.29, 1.82) is 0 Å². The Hall–Kier alpha value is -0.830. The fourth-order valence-corrected chi connectivity index (χ4v) is 1.47. The van der Waals surface area contributed by atoms with Gasteiger partial charge in [-0.25, -0.2) is 4.79 Å². The highest BCUT2D eigenvalue weighted by molar-refractivity contribution is 5.90.